The lowest BCUT2D eigenvalue weighted by molar-refractivity contribution is -0.145. The van der Waals surface area contributed by atoms with Gasteiger partial charge in [0.2, 0.25) is 5.91 Å². The number of nitrogens with zero attached hydrogens (tertiary/aromatic N) is 2. The van der Waals surface area contributed by atoms with E-state index in [-0.39, 0.29) is 30.8 Å². The Kier molecular flexibility index (Phi) is 7.19. The fraction of sp³-hybridized carbons (Fsp3) is 0.421. The molecule has 0 fully saturated rings. The van der Waals surface area contributed by atoms with Gasteiger partial charge in [-0.25, -0.2) is 0 Å². The number of hydrogen-bond acceptors (Lipinski definition) is 5. The number of esters is 1. The molecule has 0 N–H and O–H groups in total. The van der Waals surface area contributed by atoms with E-state index in [9.17, 15) is 9.59 Å². The summed E-state index contributed by atoms with van der Waals surface area (Å²) in [5.74, 6) is -0.481. The largest absolute Gasteiger partial charge is 0.466 e. The Labute approximate surface area is 148 Å². The maximum atomic E-state index is 12.4. The molecule has 0 spiro atoms. The zero-order valence-electron chi connectivity index (χ0n) is 14.5. The fourth-order valence-corrected chi connectivity index (χ4v) is 2.61. The van der Waals surface area contributed by atoms with Gasteiger partial charge in [0, 0.05) is 19.4 Å². The van der Waals surface area contributed by atoms with Crippen molar-refractivity contribution >= 4 is 17.6 Å². The SMILES string of the molecule is C=CCN(CC1CC(c2ccccc2)=NO1)C(=O)CCC(=O)OCC. The van der Waals surface area contributed by atoms with Crippen LogP contribution in [0.25, 0.3) is 0 Å². The quantitative estimate of drug-likeness (QED) is 0.510. The third-order valence-electron chi connectivity index (χ3n) is 3.81. The van der Waals surface area contributed by atoms with Crippen LogP contribution in [0.4, 0.5) is 0 Å². The van der Waals surface area contributed by atoms with Crippen molar-refractivity contribution in [3.05, 3.63) is 48.6 Å². The third kappa shape index (κ3) is 5.74. The number of carbonyl (C=O) groups excluding carboxylic acids is 2. The maximum absolute atomic E-state index is 12.4. The van der Waals surface area contributed by atoms with Crippen LogP contribution in [0.15, 0.2) is 48.1 Å². The number of amides is 1. The van der Waals surface area contributed by atoms with Gasteiger partial charge in [0.15, 0.2) is 6.10 Å². The van der Waals surface area contributed by atoms with Crippen molar-refractivity contribution in [2.45, 2.75) is 32.3 Å². The van der Waals surface area contributed by atoms with Gasteiger partial charge in [0.25, 0.3) is 0 Å². The lowest BCUT2D eigenvalue weighted by Gasteiger charge is -2.23. The second-order valence-corrected chi connectivity index (χ2v) is 5.73. The van der Waals surface area contributed by atoms with Crippen molar-refractivity contribution in [1.82, 2.24) is 4.90 Å². The van der Waals surface area contributed by atoms with Crippen molar-refractivity contribution in [2.75, 3.05) is 19.7 Å². The van der Waals surface area contributed by atoms with Gasteiger partial charge in [-0.3, -0.25) is 9.59 Å². The summed E-state index contributed by atoms with van der Waals surface area (Å²) in [7, 11) is 0. The van der Waals surface area contributed by atoms with Crippen LogP contribution in [0.2, 0.25) is 0 Å². The number of benzene rings is 1. The highest BCUT2D eigenvalue weighted by Crippen LogP contribution is 2.18. The van der Waals surface area contributed by atoms with Crippen molar-refractivity contribution in [2.24, 2.45) is 5.16 Å². The molecule has 2 rings (SSSR count). The van der Waals surface area contributed by atoms with Crippen molar-refractivity contribution in [3.8, 4) is 0 Å². The highest BCUT2D eigenvalue weighted by atomic mass is 16.6. The van der Waals surface area contributed by atoms with Gasteiger partial charge in [-0.2, -0.15) is 0 Å². The Bertz CT molecular complexity index is 628. The molecule has 0 aliphatic carbocycles. The number of oxime groups is 1. The van der Waals surface area contributed by atoms with Gasteiger partial charge in [-0.1, -0.05) is 41.6 Å². The van der Waals surface area contributed by atoms with E-state index in [0.717, 1.165) is 11.3 Å². The van der Waals surface area contributed by atoms with E-state index in [1.165, 1.54) is 0 Å². The molecule has 1 aromatic rings. The van der Waals surface area contributed by atoms with Crippen LogP contribution < -0.4 is 0 Å². The molecule has 0 bridgehead atoms. The molecule has 1 atom stereocenters. The Morgan fingerprint density at radius 3 is 2.80 bits per heavy atom. The molecular weight excluding hydrogens is 320 g/mol. The standard InChI is InChI=1S/C19H24N2O4/c1-3-12-21(18(22)10-11-19(23)24-4-2)14-16-13-17(20-25-16)15-8-6-5-7-9-15/h3,5-9,16H,1,4,10-14H2,2H3. The van der Waals surface area contributed by atoms with E-state index in [1.54, 1.807) is 17.9 Å². The predicted octanol–water partition coefficient (Wildman–Crippen LogP) is 2.54. The second kappa shape index (κ2) is 9.61. The van der Waals surface area contributed by atoms with E-state index < -0.39 is 0 Å². The minimum absolute atomic E-state index is 0.0810. The predicted molar refractivity (Wildman–Crippen MR) is 95.1 cm³/mol. The molecule has 134 valence electrons. The maximum Gasteiger partial charge on any atom is 0.306 e. The molecule has 1 amide bonds. The van der Waals surface area contributed by atoms with E-state index >= 15 is 0 Å². The normalized spacial score (nSPS) is 15.9. The zero-order chi connectivity index (χ0) is 18.1. The second-order valence-electron chi connectivity index (χ2n) is 5.73. The summed E-state index contributed by atoms with van der Waals surface area (Å²) in [6.45, 7) is 6.56. The van der Waals surface area contributed by atoms with Gasteiger partial charge in [0.05, 0.1) is 25.3 Å². The van der Waals surface area contributed by atoms with Crippen LogP contribution in [0, 0.1) is 0 Å². The van der Waals surface area contributed by atoms with Crippen LogP contribution in [0.5, 0.6) is 0 Å². The smallest absolute Gasteiger partial charge is 0.306 e. The van der Waals surface area contributed by atoms with Crippen molar-refractivity contribution in [3.63, 3.8) is 0 Å². The number of carbonyl (C=O) groups is 2. The van der Waals surface area contributed by atoms with E-state index in [1.807, 2.05) is 30.3 Å². The Morgan fingerprint density at radius 2 is 2.12 bits per heavy atom. The molecule has 25 heavy (non-hydrogen) atoms. The molecule has 6 nitrogen and oxygen atoms in total. The van der Waals surface area contributed by atoms with Crippen molar-refractivity contribution in [1.29, 1.82) is 0 Å². The van der Waals surface area contributed by atoms with Crippen molar-refractivity contribution < 1.29 is 19.2 Å². The van der Waals surface area contributed by atoms with Crippen LogP contribution in [-0.4, -0.2) is 48.3 Å². The van der Waals surface area contributed by atoms with Gasteiger partial charge >= 0.3 is 5.97 Å². The summed E-state index contributed by atoms with van der Waals surface area (Å²) >= 11 is 0. The van der Waals surface area contributed by atoms with E-state index in [2.05, 4.69) is 11.7 Å². The zero-order valence-corrected chi connectivity index (χ0v) is 14.5. The van der Waals surface area contributed by atoms with Gasteiger partial charge < -0.3 is 14.5 Å². The average molecular weight is 344 g/mol. The third-order valence-corrected chi connectivity index (χ3v) is 3.81. The molecule has 6 heteroatoms. The van der Waals surface area contributed by atoms with Gasteiger partial charge in [0.1, 0.15) is 0 Å². The first kappa shape index (κ1) is 18.7. The first-order chi connectivity index (χ1) is 12.1. The lowest BCUT2D eigenvalue weighted by Crippen LogP contribution is -2.38. The summed E-state index contributed by atoms with van der Waals surface area (Å²) in [5, 5.41) is 4.14. The summed E-state index contributed by atoms with van der Waals surface area (Å²) in [4.78, 5) is 30.9. The monoisotopic (exact) mass is 344 g/mol. The molecular formula is C19H24N2O4. The highest BCUT2D eigenvalue weighted by Gasteiger charge is 2.26. The molecule has 0 radical (unpaired) electrons. The molecule has 0 saturated heterocycles. The average Bonchev–Trinajstić information content (AvgIpc) is 3.09. The van der Waals surface area contributed by atoms with E-state index in [4.69, 9.17) is 9.57 Å². The highest BCUT2D eigenvalue weighted by molar-refractivity contribution is 6.01. The van der Waals surface area contributed by atoms with Crippen LogP contribution >= 0.6 is 0 Å². The summed E-state index contributed by atoms with van der Waals surface area (Å²) in [5.41, 5.74) is 1.90. The minimum Gasteiger partial charge on any atom is -0.466 e. The molecule has 1 aliphatic rings. The first-order valence-electron chi connectivity index (χ1n) is 8.46. The Balaban J connectivity index is 1.86. The minimum atomic E-state index is -0.360. The molecule has 0 aromatic heterocycles. The molecule has 0 saturated carbocycles. The van der Waals surface area contributed by atoms with Gasteiger partial charge in [-0.15, -0.1) is 6.58 Å². The number of rotatable bonds is 9. The van der Waals surface area contributed by atoms with Crippen LogP contribution in [-0.2, 0) is 19.2 Å². The van der Waals surface area contributed by atoms with Gasteiger partial charge in [-0.05, 0) is 12.5 Å². The van der Waals surface area contributed by atoms with Crippen LogP contribution in [0.3, 0.4) is 0 Å². The topological polar surface area (TPSA) is 68.2 Å². The molecule has 1 unspecified atom stereocenters. The Morgan fingerprint density at radius 1 is 1.36 bits per heavy atom. The van der Waals surface area contributed by atoms with E-state index in [0.29, 0.717) is 26.1 Å². The molecule has 1 aromatic carbocycles. The summed E-state index contributed by atoms with van der Waals surface area (Å²) in [6, 6.07) is 9.82. The lowest BCUT2D eigenvalue weighted by atomic mass is 10.0. The fourth-order valence-electron chi connectivity index (χ4n) is 2.61. The summed E-state index contributed by atoms with van der Waals surface area (Å²) < 4.78 is 4.86. The Hall–Kier alpha value is -2.63. The molecule has 1 aliphatic heterocycles. The first-order valence-corrected chi connectivity index (χ1v) is 8.46. The summed E-state index contributed by atoms with van der Waals surface area (Å²) in [6.07, 6.45) is 2.31. The molecule has 1 heterocycles. The van der Waals surface area contributed by atoms with Crippen LogP contribution in [0.1, 0.15) is 31.7 Å². The number of hydrogen-bond donors (Lipinski definition) is 0. The number of ether oxygens (including phenoxy) is 1.